The molecular formula is C10H18N3O2+. The monoisotopic (exact) mass is 212 g/mol. The van der Waals surface area contributed by atoms with Crippen LogP contribution in [0.4, 0.5) is 0 Å². The summed E-state index contributed by atoms with van der Waals surface area (Å²) in [4.78, 5) is 22.6. The molecule has 1 aliphatic rings. The Hall–Kier alpha value is -1.20. The lowest BCUT2D eigenvalue weighted by atomic mass is 10.1. The Balaban J connectivity index is 2.84. The Labute approximate surface area is 89.5 Å². The maximum Gasteiger partial charge on any atom is 0.272 e. The van der Waals surface area contributed by atoms with Crippen LogP contribution in [0.15, 0.2) is 12.7 Å². The molecule has 0 aromatic rings. The van der Waals surface area contributed by atoms with Crippen molar-refractivity contribution >= 4 is 11.7 Å². The summed E-state index contributed by atoms with van der Waals surface area (Å²) in [6.07, 6.45) is 1.31. The van der Waals surface area contributed by atoms with Gasteiger partial charge >= 0.3 is 0 Å². The summed E-state index contributed by atoms with van der Waals surface area (Å²) in [7, 11) is 1.89. The molecule has 84 valence electrons. The molecule has 1 rings (SSSR count). The third-order valence-corrected chi connectivity index (χ3v) is 2.94. The molecule has 5 heteroatoms. The molecule has 1 saturated heterocycles. The number of rotatable bonds is 4. The smallest absolute Gasteiger partial charge is 0.272 e. The molecule has 0 aromatic carbocycles. The van der Waals surface area contributed by atoms with Gasteiger partial charge in [0.05, 0.1) is 20.1 Å². The number of hydrogen-bond donors (Lipinski definition) is 2. The second kappa shape index (κ2) is 4.55. The van der Waals surface area contributed by atoms with Crippen molar-refractivity contribution in [2.75, 3.05) is 33.2 Å². The van der Waals surface area contributed by atoms with Crippen LogP contribution < -0.4 is 11.1 Å². The summed E-state index contributed by atoms with van der Waals surface area (Å²) in [5.74, 6) is -0.410. The van der Waals surface area contributed by atoms with Gasteiger partial charge in [-0.15, -0.1) is 0 Å². The molecule has 1 amide bonds. The van der Waals surface area contributed by atoms with Gasteiger partial charge < -0.3 is 15.5 Å². The van der Waals surface area contributed by atoms with Crippen molar-refractivity contribution in [2.24, 2.45) is 5.73 Å². The lowest BCUT2D eigenvalue weighted by Gasteiger charge is -2.42. The number of carbonyl (C=O) groups is 2. The van der Waals surface area contributed by atoms with Gasteiger partial charge in [-0.2, -0.15) is 0 Å². The molecule has 15 heavy (non-hydrogen) atoms. The van der Waals surface area contributed by atoms with Crippen LogP contribution in [0.5, 0.6) is 0 Å². The maximum atomic E-state index is 11.6. The van der Waals surface area contributed by atoms with Gasteiger partial charge in [0, 0.05) is 6.54 Å². The van der Waals surface area contributed by atoms with E-state index in [9.17, 15) is 9.59 Å². The van der Waals surface area contributed by atoms with Gasteiger partial charge in [-0.3, -0.25) is 9.59 Å². The Bertz CT molecular complexity index is 290. The van der Waals surface area contributed by atoms with E-state index in [1.54, 1.807) is 0 Å². The molecule has 0 saturated carbocycles. The van der Waals surface area contributed by atoms with Crippen LogP contribution in [-0.4, -0.2) is 55.4 Å². The topological polar surface area (TPSA) is 72.2 Å². The largest absolute Gasteiger partial charge is 0.365 e. The van der Waals surface area contributed by atoms with Crippen molar-refractivity contribution in [2.45, 2.75) is 6.04 Å². The molecular weight excluding hydrogens is 194 g/mol. The Morgan fingerprint density at radius 1 is 1.67 bits per heavy atom. The number of nitrogens with two attached hydrogens (primary N) is 1. The molecule has 0 aromatic heterocycles. The molecule has 0 bridgehead atoms. The fourth-order valence-electron chi connectivity index (χ4n) is 2.04. The number of nitrogens with one attached hydrogen (secondary N) is 1. The Morgan fingerprint density at radius 2 is 2.33 bits per heavy atom. The predicted octanol–water partition coefficient (Wildman–Crippen LogP) is -1.35. The minimum absolute atomic E-state index is 0.0362. The molecule has 3 N–H and O–H groups in total. The lowest BCUT2D eigenvalue weighted by molar-refractivity contribution is -0.918. The first kappa shape index (κ1) is 11.9. The van der Waals surface area contributed by atoms with Crippen molar-refractivity contribution in [3.05, 3.63) is 12.7 Å². The van der Waals surface area contributed by atoms with Gasteiger partial charge in [-0.25, -0.2) is 0 Å². The van der Waals surface area contributed by atoms with Crippen LogP contribution in [0.3, 0.4) is 0 Å². The summed E-state index contributed by atoms with van der Waals surface area (Å²) in [5.41, 5.74) is 5.20. The quantitative estimate of drug-likeness (QED) is 0.447. The molecule has 1 aliphatic heterocycles. The lowest BCUT2D eigenvalue weighted by Crippen LogP contribution is -2.67. The standard InChI is InChI=1S/C10H17N3O2/c1-3-9(14)8-6-12-4-5-13(8,2)7-10(11)15/h3,8,12H,1,4-7H2,2H3,(H-,11,15)/p+1. The molecule has 0 radical (unpaired) electrons. The van der Waals surface area contributed by atoms with E-state index in [1.807, 2.05) is 7.05 Å². The van der Waals surface area contributed by atoms with E-state index < -0.39 is 0 Å². The van der Waals surface area contributed by atoms with Gasteiger partial charge in [0.25, 0.3) is 5.91 Å². The minimum Gasteiger partial charge on any atom is -0.365 e. The maximum absolute atomic E-state index is 11.6. The van der Waals surface area contributed by atoms with E-state index >= 15 is 0 Å². The zero-order valence-electron chi connectivity index (χ0n) is 9.03. The highest BCUT2D eigenvalue weighted by Gasteiger charge is 2.40. The molecule has 1 fully saturated rings. The van der Waals surface area contributed by atoms with Crippen molar-refractivity contribution in [1.29, 1.82) is 0 Å². The number of carbonyl (C=O) groups excluding carboxylic acids is 2. The van der Waals surface area contributed by atoms with Gasteiger partial charge in [0.2, 0.25) is 5.78 Å². The highest BCUT2D eigenvalue weighted by molar-refractivity contribution is 5.93. The average Bonchev–Trinajstić information content (AvgIpc) is 2.15. The SMILES string of the molecule is C=CC(=O)C1CNCC[N+]1(C)CC(N)=O. The number of piperazine rings is 1. The zero-order chi connectivity index (χ0) is 11.5. The summed E-state index contributed by atoms with van der Waals surface area (Å²) >= 11 is 0. The average molecular weight is 212 g/mol. The Kier molecular flexibility index (Phi) is 3.60. The first-order valence-corrected chi connectivity index (χ1v) is 4.99. The van der Waals surface area contributed by atoms with Gasteiger partial charge in [0.1, 0.15) is 0 Å². The third kappa shape index (κ3) is 2.64. The van der Waals surface area contributed by atoms with Crippen molar-refractivity contribution < 1.29 is 14.1 Å². The van der Waals surface area contributed by atoms with E-state index in [2.05, 4.69) is 11.9 Å². The zero-order valence-corrected chi connectivity index (χ0v) is 9.03. The van der Waals surface area contributed by atoms with Crippen LogP contribution in [0.2, 0.25) is 0 Å². The highest BCUT2D eigenvalue weighted by Crippen LogP contribution is 2.14. The molecule has 1 heterocycles. The second-order valence-corrected chi connectivity index (χ2v) is 4.15. The van der Waals surface area contributed by atoms with Crippen LogP contribution >= 0.6 is 0 Å². The number of amides is 1. The highest BCUT2D eigenvalue weighted by atomic mass is 16.1. The van der Waals surface area contributed by atoms with E-state index in [-0.39, 0.29) is 24.3 Å². The normalized spacial score (nSPS) is 30.9. The van der Waals surface area contributed by atoms with E-state index in [4.69, 9.17) is 5.73 Å². The molecule has 0 spiro atoms. The van der Waals surface area contributed by atoms with E-state index in [0.717, 1.165) is 13.1 Å². The van der Waals surface area contributed by atoms with Crippen LogP contribution in [-0.2, 0) is 9.59 Å². The first-order valence-electron chi connectivity index (χ1n) is 4.99. The number of quaternary nitrogens is 1. The second-order valence-electron chi connectivity index (χ2n) is 4.15. The molecule has 2 atom stereocenters. The molecule has 2 unspecified atom stereocenters. The minimum atomic E-state index is -0.374. The Morgan fingerprint density at radius 3 is 2.87 bits per heavy atom. The van der Waals surface area contributed by atoms with E-state index in [0.29, 0.717) is 11.0 Å². The third-order valence-electron chi connectivity index (χ3n) is 2.94. The van der Waals surface area contributed by atoms with Crippen LogP contribution in [0.25, 0.3) is 0 Å². The van der Waals surface area contributed by atoms with Crippen molar-refractivity contribution in [3.8, 4) is 0 Å². The fourth-order valence-corrected chi connectivity index (χ4v) is 2.04. The summed E-state index contributed by atoms with van der Waals surface area (Å²) < 4.78 is 0.382. The van der Waals surface area contributed by atoms with Crippen LogP contribution in [0, 0.1) is 0 Å². The number of primary amides is 1. The molecule has 0 aliphatic carbocycles. The number of nitrogens with zero attached hydrogens (tertiary/aromatic N) is 1. The predicted molar refractivity (Wildman–Crippen MR) is 57.0 cm³/mol. The first-order chi connectivity index (χ1) is 6.99. The van der Waals surface area contributed by atoms with Gasteiger partial charge in [0.15, 0.2) is 12.6 Å². The van der Waals surface area contributed by atoms with Gasteiger partial charge in [-0.1, -0.05) is 6.58 Å². The van der Waals surface area contributed by atoms with Crippen molar-refractivity contribution in [3.63, 3.8) is 0 Å². The summed E-state index contributed by atoms with van der Waals surface area (Å²) in [5, 5.41) is 3.14. The van der Waals surface area contributed by atoms with E-state index in [1.165, 1.54) is 6.08 Å². The number of likely N-dealkylation sites (N-methyl/N-ethyl adjacent to an activating group) is 1. The number of hydrogen-bond acceptors (Lipinski definition) is 3. The van der Waals surface area contributed by atoms with Gasteiger partial charge in [-0.05, 0) is 6.08 Å². The molecule has 5 nitrogen and oxygen atoms in total. The summed E-state index contributed by atoms with van der Waals surface area (Å²) in [6, 6.07) is -0.247. The summed E-state index contributed by atoms with van der Waals surface area (Å²) in [6.45, 7) is 5.78. The van der Waals surface area contributed by atoms with Crippen LogP contribution in [0.1, 0.15) is 0 Å². The van der Waals surface area contributed by atoms with Crippen molar-refractivity contribution in [1.82, 2.24) is 5.32 Å². The number of ketones is 1. The fraction of sp³-hybridized carbons (Fsp3) is 0.600.